The van der Waals surface area contributed by atoms with Crippen molar-refractivity contribution in [3.8, 4) is 0 Å². The van der Waals surface area contributed by atoms with Crippen molar-refractivity contribution in [2.45, 2.75) is 116 Å². The number of hydrogen-bond acceptors (Lipinski definition) is 5. The van der Waals surface area contributed by atoms with Crippen molar-refractivity contribution in [2.24, 2.45) is 0 Å². The largest absolute Gasteiger partial charge is 0.396 e. The molecule has 1 unspecified atom stereocenters. The first-order valence-electron chi connectivity index (χ1n) is 12.7. The first-order chi connectivity index (χ1) is 15.1. The smallest absolute Gasteiger partial charge is 0.330 e. The van der Waals surface area contributed by atoms with Crippen molar-refractivity contribution in [2.75, 3.05) is 39.7 Å². The maximum atomic E-state index is 11.6. The maximum Gasteiger partial charge on any atom is 0.330 e. The van der Waals surface area contributed by atoms with E-state index in [0.29, 0.717) is 13.2 Å². The van der Waals surface area contributed by atoms with Crippen molar-refractivity contribution < 1.29 is 28.6 Å². The minimum absolute atomic E-state index is 0.0107. The molecular formula is C24H51O6P. The van der Waals surface area contributed by atoms with Crippen LogP contribution in [0.3, 0.4) is 0 Å². The first kappa shape index (κ1) is 31.0. The van der Waals surface area contributed by atoms with Gasteiger partial charge in [0.2, 0.25) is 0 Å². The molecule has 0 aromatic heterocycles. The van der Waals surface area contributed by atoms with Crippen LogP contribution >= 0.6 is 7.60 Å². The molecule has 0 aromatic rings. The van der Waals surface area contributed by atoms with Crippen molar-refractivity contribution in [3.63, 3.8) is 0 Å². The van der Waals surface area contributed by atoms with Crippen molar-refractivity contribution in [3.05, 3.63) is 0 Å². The van der Waals surface area contributed by atoms with Gasteiger partial charge < -0.3 is 24.0 Å². The van der Waals surface area contributed by atoms with E-state index in [1.54, 1.807) is 0 Å². The van der Waals surface area contributed by atoms with Crippen LogP contribution in [-0.4, -0.2) is 55.8 Å². The van der Waals surface area contributed by atoms with Crippen LogP contribution in [0.4, 0.5) is 0 Å². The van der Waals surface area contributed by atoms with Crippen LogP contribution in [0.2, 0.25) is 0 Å². The lowest BCUT2D eigenvalue weighted by Crippen LogP contribution is -2.24. The van der Waals surface area contributed by atoms with Gasteiger partial charge >= 0.3 is 7.60 Å². The molecule has 188 valence electrons. The molecule has 0 saturated carbocycles. The van der Waals surface area contributed by atoms with Gasteiger partial charge in [0, 0.05) is 13.7 Å². The third-order valence-corrected chi connectivity index (χ3v) is 6.94. The minimum atomic E-state index is -3.72. The standard InChI is InChI=1S/C24H51O6P/c1-3-4-5-6-7-8-9-10-11-12-13-14-15-16-17-18-20-29-22-24(28-2)23-30-31(26,27)21-19-25/h24-25H,3-23H2,1-2H3,(H,26,27)/t24-/m1/s1. The molecule has 31 heavy (non-hydrogen) atoms. The Morgan fingerprint density at radius 1 is 0.742 bits per heavy atom. The van der Waals surface area contributed by atoms with Crippen LogP contribution in [-0.2, 0) is 18.6 Å². The van der Waals surface area contributed by atoms with Crippen LogP contribution in [0.5, 0.6) is 0 Å². The molecule has 0 heterocycles. The molecule has 0 fully saturated rings. The summed E-state index contributed by atoms with van der Waals surface area (Å²) in [5, 5.41) is 8.73. The third-order valence-electron chi connectivity index (χ3n) is 5.62. The Hall–Kier alpha value is 0.0300. The monoisotopic (exact) mass is 466 g/mol. The summed E-state index contributed by atoms with van der Waals surface area (Å²) in [4.78, 5) is 9.46. The maximum absolute atomic E-state index is 11.6. The Morgan fingerprint density at radius 2 is 1.19 bits per heavy atom. The molecule has 6 nitrogen and oxygen atoms in total. The second-order valence-electron chi connectivity index (χ2n) is 8.62. The Morgan fingerprint density at radius 3 is 1.61 bits per heavy atom. The summed E-state index contributed by atoms with van der Waals surface area (Å²) >= 11 is 0. The Bertz CT molecular complexity index is 408. The van der Waals surface area contributed by atoms with E-state index in [2.05, 4.69) is 6.92 Å². The van der Waals surface area contributed by atoms with E-state index in [-0.39, 0.29) is 25.5 Å². The molecule has 0 aliphatic carbocycles. The number of unbranched alkanes of at least 4 members (excludes halogenated alkanes) is 15. The quantitative estimate of drug-likeness (QED) is 0.118. The summed E-state index contributed by atoms with van der Waals surface area (Å²) in [7, 11) is -2.20. The van der Waals surface area contributed by atoms with E-state index in [1.807, 2.05) is 0 Å². The average molecular weight is 467 g/mol. The molecule has 2 atom stereocenters. The van der Waals surface area contributed by atoms with Crippen LogP contribution in [0.15, 0.2) is 0 Å². The topological polar surface area (TPSA) is 85.2 Å². The molecule has 0 spiro atoms. The number of rotatable bonds is 25. The summed E-state index contributed by atoms with van der Waals surface area (Å²) in [5.41, 5.74) is 0. The molecule has 7 heteroatoms. The second kappa shape index (κ2) is 23.2. The molecule has 0 radical (unpaired) electrons. The fourth-order valence-electron chi connectivity index (χ4n) is 3.54. The van der Waals surface area contributed by atoms with Gasteiger partial charge in [-0.05, 0) is 6.42 Å². The number of hydrogen-bond donors (Lipinski definition) is 2. The molecule has 0 aliphatic heterocycles. The highest BCUT2D eigenvalue weighted by Crippen LogP contribution is 2.41. The molecule has 0 amide bonds. The Balaban J connectivity index is 3.32. The van der Waals surface area contributed by atoms with E-state index >= 15 is 0 Å². The summed E-state index contributed by atoms with van der Waals surface area (Å²) in [5.74, 6) is 0. The fourth-order valence-corrected chi connectivity index (χ4v) is 4.32. The fraction of sp³-hybridized carbons (Fsp3) is 1.00. The lowest BCUT2D eigenvalue weighted by Gasteiger charge is -2.18. The van der Waals surface area contributed by atoms with Gasteiger partial charge in [-0.15, -0.1) is 0 Å². The zero-order chi connectivity index (χ0) is 23.0. The van der Waals surface area contributed by atoms with Gasteiger partial charge in [0.05, 0.1) is 26.0 Å². The van der Waals surface area contributed by atoms with Gasteiger partial charge in [0.1, 0.15) is 6.10 Å². The van der Waals surface area contributed by atoms with Gasteiger partial charge in [-0.3, -0.25) is 4.57 Å². The van der Waals surface area contributed by atoms with E-state index < -0.39 is 7.60 Å². The Labute approximate surface area is 192 Å². The third kappa shape index (κ3) is 23.0. The SMILES string of the molecule is CCCCCCCCCCCCCCCCCCOC[C@H](COP(=O)(O)CCO)OC. The number of aliphatic hydroxyl groups is 1. The van der Waals surface area contributed by atoms with Crippen LogP contribution < -0.4 is 0 Å². The van der Waals surface area contributed by atoms with Crippen LogP contribution in [0.25, 0.3) is 0 Å². The predicted molar refractivity (Wildman–Crippen MR) is 129 cm³/mol. The van der Waals surface area contributed by atoms with E-state index in [1.165, 1.54) is 103 Å². The molecule has 2 N–H and O–H groups in total. The zero-order valence-electron chi connectivity index (χ0n) is 20.4. The Kier molecular flexibility index (Phi) is 23.2. The highest BCUT2D eigenvalue weighted by Gasteiger charge is 2.21. The first-order valence-corrected chi connectivity index (χ1v) is 14.5. The molecule has 0 rings (SSSR count). The summed E-state index contributed by atoms with van der Waals surface area (Å²) in [6.07, 6.45) is 20.9. The predicted octanol–water partition coefficient (Wildman–Crippen LogP) is 6.47. The highest BCUT2D eigenvalue weighted by molar-refractivity contribution is 7.52. The van der Waals surface area contributed by atoms with Crippen LogP contribution in [0, 0.1) is 0 Å². The van der Waals surface area contributed by atoms with Gasteiger partial charge in [0.15, 0.2) is 0 Å². The van der Waals surface area contributed by atoms with Gasteiger partial charge in [0.25, 0.3) is 0 Å². The summed E-state index contributed by atoms with van der Waals surface area (Å²) < 4.78 is 27.3. The van der Waals surface area contributed by atoms with Gasteiger partial charge in [-0.2, -0.15) is 0 Å². The van der Waals surface area contributed by atoms with Crippen LogP contribution in [0.1, 0.15) is 110 Å². The average Bonchev–Trinajstić information content (AvgIpc) is 2.75. The van der Waals surface area contributed by atoms with Crippen molar-refractivity contribution in [1.29, 1.82) is 0 Å². The molecule has 0 aromatic carbocycles. The zero-order valence-corrected chi connectivity index (χ0v) is 21.3. The second-order valence-corrected chi connectivity index (χ2v) is 10.6. The lowest BCUT2D eigenvalue weighted by atomic mass is 10.0. The minimum Gasteiger partial charge on any atom is -0.396 e. The molecule has 0 bridgehead atoms. The van der Waals surface area contributed by atoms with Crippen molar-refractivity contribution >= 4 is 7.60 Å². The van der Waals surface area contributed by atoms with E-state index in [9.17, 15) is 9.46 Å². The van der Waals surface area contributed by atoms with Crippen molar-refractivity contribution in [1.82, 2.24) is 0 Å². The number of aliphatic hydroxyl groups excluding tert-OH is 1. The lowest BCUT2D eigenvalue weighted by molar-refractivity contribution is -0.0170. The summed E-state index contributed by atoms with van der Waals surface area (Å²) in [6, 6.07) is 0. The number of methoxy groups -OCH3 is 1. The normalized spacial score (nSPS) is 14.6. The van der Waals surface area contributed by atoms with E-state index in [4.69, 9.17) is 19.1 Å². The molecule has 0 aliphatic rings. The van der Waals surface area contributed by atoms with Gasteiger partial charge in [-0.1, -0.05) is 103 Å². The van der Waals surface area contributed by atoms with Gasteiger partial charge in [-0.25, -0.2) is 0 Å². The number of ether oxygens (including phenoxy) is 2. The molecular weight excluding hydrogens is 415 g/mol. The molecule has 0 saturated heterocycles. The van der Waals surface area contributed by atoms with E-state index in [0.717, 1.165) is 6.42 Å². The highest BCUT2D eigenvalue weighted by atomic mass is 31.2. The summed E-state index contributed by atoms with van der Waals surface area (Å²) in [6.45, 7) is 2.90.